The topological polar surface area (TPSA) is 174 Å². The van der Waals surface area contributed by atoms with E-state index in [2.05, 4.69) is 15.7 Å². The molecule has 0 spiro atoms. The van der Waals surface area contributed by atoms with E-state index in [1.54, 1.807) is 23.9 Å². The number of rotatable bonds is 6. The Morgan fingerprint density at radius 3 is 2.55 bits per heavy atom. The number of fused-ring (bicyclic) bond motifs is 3. The van der Waals surface area contributed by atoms with Gasteiger partial charge < -0.3 is 30.2 Å². The number of alkyl halides is 2. The van der Waals surface area contributed by atoms with E-state index in [9.17, 15) is 32.5 Å². The van der Waals surface area contributed by atoms with Crippen molar-refractivity contribution in [1.29, 1.82) is 0 Å². The molecule has 4 amide bonds. The van der Waals surface area contributed by atoms with Crippen molar-refractivity contribution in [2.45, 2.75) is 50.0 Å². The lowest BCUT2D eigenvalue weighted by Crippen LogP contribution is -2.60. The number of hydrogen-bond acceptors (Lipinski definition) is 7. The van der Waals surface area contributed by atoms with Gasteiger partial charge in [-0.25, -0.2) is 0 Å². The van der Waals surface area contributed by atoms with Crippen LogP contribution in [0.25, 0.3) is 21.0 Å². The summed E-state index contributed by atoms with van der Waals surface area (Å²) >= 11 is 0.940. The molecule has 2 aromatic heterocycles. The van der Waals surface area contributed by atoms with Gasteiger partial charge in [0.05, 0.1) is 10.4 Å². The third-order valence-electron chi connectivity index (χ3n) is 8.59. The summed E-state index contributed by atoms with van der Waals surface area (Å²) in [4.78, 5) is 74.8. The molecule has 47 heavy (non-hydrogen) atoms. The molecule has 4 N–H and O–H groups in total. The molecule has 0 aliphatic carbocycles. The van der Waals surface area contributed by atoms with Gasteiger partial charge in [0.1, 0.15) is 12.1 Å². The molecule has 3 atom stereocenters. The number of aromatic nitrogens is 2. The van der Waals surface area contributed by atoms with Crippen molar-refractivity contribution >= 4 is 69.2 Å². The van der Waals surface area contributed by atoms with E-state index in [0.717, 1.165) is 28.9 Å². The minimum absolute atomic E-state index is 0.0538. The van der Waals surface area contributed by atoms with E-state index < -0.39 is 48.6 Å². The Morgan fingerprint density at radius 2 is 1.83 bits per heavy atom. The Bertz CT molecular complexity index is 1980. The first-order valence-corrected chi connectivity index (χ1v) is 17.2. The molecule has 17 heteroatoms. The number of benzene rings is 2. The van der Waals surface area contributed by atoms with Crippen LogP contribution in [0, 0.1) is 0 Å². The maximum atomic E-state index is 14.3. The van der Waals surface area contributed by atoms with Gasteiger partial charge in [0.2, 0.25) is 17.7 Å². The highest BCUT2D eigenvalue weighted by atomic mass is 32.1. The molecule has 13 nitrogen and oxygen atoms in total. The normalized spacial score (nSPS) is 20.6. The van der Waals surface area contributed by atoms with Gasteiger partial charge in [0.15, 0.2) is 0 Å². The summed E-state index contributed by atoms with van der Waals surface area (Å²) in [7, 11) is -4.01. The Balaban J connectivity index is 1.24. The summed E-state index contributed by atoms with van der Waals surface area (Å²) < 4.78 is 42.1. The number of carbonyl (C=O) groups is 4. The Labute approximate surface area is 270 Å². The van der Waals surface area contributed by atoms with E-state index >= 15 is 0 Å². The average molecular weight is 689 g/mol. The fourth-order valence-corrected chi connectivity index (χ4v) is 7.63. The summed E-state index contributed by atoms with van der Waals surface area (Å²) in [5, 5.41) is 11.0. The van der Waals surface area contributed by atoms with Gasteiger partial charge in [0.25, 0.3) is 5.91 Å². The van der Waals surface area contributed by atoms with Crippen molar-refractivity contribution in [3.05, 3.63) is 59.1 Å². The number of halogens is 2. The van der Waals surface area contributed by atoms with Crippen molar-refractivity contribution in [2.24, 2.45) is 7.05 Å². The van der Waals surface area contributed by atoms with Gasteiger partial charge in [0, 0.05) is 60.6 Å². The number of aryl methyl sites for hydroxylation is 1. The molecule has 6 rings (SSSR count). The summed E-state index contributed by atoms with van der Waals surface area (Å²) in [6.45, 7) is 1.53. The van der Waals surface area contributed by atoms with E-state index in [4.69, 9.17) is 9.79 Å². The van der Waals surface area contributed by atoms with Gasteiger partial charge in [-0.1, -0.05) is 6.07 Å². The zero-order valence-corrected chi connectivity index (χ0v) is 26.9. The molecule has 2 aromatic carbocycles. The molecular formula is C30H31F2N6O7PS. The van der Waals surface area contributed by atoms with Gasteiger partial charge in [-0.3, -0.25) is 28.4 Å². The predicted molar refractivity (Wildman–Crippen MR) is 169 cm³/mol. The Kier molecular flexibility index (Phi) is 8.41. The second kappa shape index (κ2) is 12.1. The van der Waals surface area contributed by atoms with Crippen LogP contribution in [0.5, 0.6) is 0 Å². The fraction of sp³-hybridized carbons (Fsp3) is 0.367. The monoisotopic (exact) mass is 688 g/mol. The fourth-order valence-electron chi connectivity index (χ4n) is 6.21. The van der Waals surface area contributed by atoms with Gasteiger partial charge in [-0.2, -0.15) is 13.9 Å². The maximum absolute atomic E-state index is 14.3. The molecule has 0 saturated carbocycles. The first kappa shape index (κ1) is 32.7. The van der Waals surface area contributed by atoms with Gasteiger partial charge in [-0.05, 0) is 61.0 Å². The molecule has 0 radical (unpaired) electrons. The van der Waals surface area contributed by atoms with Crippen LogP contribution < -0.4 is 10.6 Å². The summed E-state index contributed by atoms with van der Waals surface area (Å²) in [5.41, 5.74) is -4.12. The van der Waals surface area contributed by atoms with Gasteiger partial charge >= 0.3 is 13.3 Å². The number of anilines is 1. The lowest BCUT2D eigenvalue weighted by atomic mass is 10.1. The molecular weight excluding hydrogens is 657 g/mol. The van der Waals surface area contributed by atoms with Crippen LogP contribution in [0.1, 0.15) is 41.4 Å². The van der Waals surface area contributed by atoms with Crippen LogP contribution in [-0.2, 0) is 31.7 Å². The smallest absolute Gasteiger partial charge is 0.340 e. The van der Waals surface area contributed by atoms with E-state index in [1.807, 2.05) is 12.3 Å². The molecule has 2 fully saturated rings. The first-order chi connectivity index (χ1) is 22.1. The summed E-state index contributed by atoms with van der Waals surface area (Å²) in [6, 6.07) is 7.24. The molecule has 2 aliphatic heterocycles. The quantitative estimate of drug-likeness (QED) is 0.223. The van der Waals surface area contributed by atoms with Crippen LogP contribution >= 0.6 is 18.9 Å². The third-order valence-corrected chi connectivity index (χ3v) is 10.7. The van der Waals surface area contributed by atoms with Gasteiger partial charge in [-0.15, -0.1) is 11.3 Å². The highest BCUT2D eigenvalue weighted by Crippen LogP contribution is 2.59. The van der Waals surface area contributed by atoms with Crippen LogP contribution in [0.4, 0.5) is 14.5 Å². The van der Waals surface area contributed by atoms with E-state index in [0.29, 0.717) is 41.7 Å². The standard InChI is InChI=1S/C30H31F2N6O7PS/c1-16(39)37-10-9-21-6-7-24(27(40)33-20-5-3-17-14-36(2)35-22(17)13-20)38(21)29(42)23(15-37)34-28(41)26-12-18-11-19(4-8-25(18)47-26)30(31,32)46(43,44)45/h3-5,8,11-14,21,23-24H,6-7,9-10,15H2,1-2H3,(H,33,40)(H,34,41)(H2,43,44,45)/t21-,23+,24+/m1/s1. The number of amides is 4. The van der Waals surface area contributed by atoms with Crippen LogP contribution in [0.2, 0.25) is 0 Å². The third kappa shape index (κ3) is 6.25. The van der Waals surface area contributed by atoms with E-state index in [-0.39, 0.29) is 28.8 Å². The highest BCUT2D eigenvalue weighted by Gasteiger charge is 2.50. The number of nitrogens with zero attached hydrogens (tertiary/aromatic N) is 4. The van der Waals surface area contributed by atoms with Crippen molar-refractivity contribution in [3.8, 4) is 0 Å². The predicted octanol–water partition coefficient (Wildman–Crippen LogP) is 3.36. The number of hydrogen-bond donors (Lipinski definition) is 4. The largest absolute Gasteiger partial charge is 0.399 e. The number of thiophene rings is 1. The molecule has 0 bridgehead atoms. The van der Waals surface area contributed by atoms with Crippen molar-refractivity contribution < 1.29 is 42.3 Å². The second-order valence-corrected chi connectivity index (χ2v) is 14.5. The molecule has 4 aromatic rings. The zero-order chi connectivity index (χ0) is 33.8. The number of carbonyl (C=O) groups excluding carboxylic acids is 4. The Morgan fingerprint density at radius 1 is 1.06 bits per heavy atom. The summed E-state index contributed by atoms with van der Waals surface area (Å²) in [5.74, 6) is -1.92. The SMILES string of the molecule is CC(=O)N1CC[C@H]2CC[C@@H](C(=O)Nc3ccc4cn(C)nc4c3)N2C(=O)[C@@H](NC(=O)c2cc3cc(C(F)(F)P(=O)(O)O)ccc3s2)C1. The van der Waals surface area contributed by atoms with Crippen molar-refractivity contribution in [1.82, 2.24) is 24.9 Å². The number of nitrogens with one attached hydrogen (secondary N) is 2. The van der Waals surface area contributed by atoms with Crippen LogP contribution in [-0.4, -0.2) is 84.2 Å². The Hall–Kier alpha value is -4.24. The van der Waals surface area contributed by atoms with E-state index in [1.165, 1.54) is 28.9 Å². The molecule has 4 heterocycles. The average Bonchev–Trinajstić information content (AvgIpc) is 3.71. The second-order valence-electron chi connectivity index (χ2n) is 11.8. The maximum Gasteiger partial charge on any atom is 0.399 e. The molecule has 2 saturated heterocycles. The molecule has 2 aliphatic rings. The lowest BCUT2D eigenvalue weighted by Gasteiger charge is -2.38. The molecule has 0 unspecified atom stereocenters. The minimum Gasteiger partial charge on any atom is -0.340 e. The van der Waals surface area contributed by atoms with Crippen LogP contribution in [0.15, 0.2) is 48.7 Å². The zero-order valence-electron chi connectivity index (χ0n) is 25.2. The van der Waals surface area contributed by atoms with Crippen molar-refractivity contribution in [3.63, 3.8) is 0 Å². The molecule has 248 valence electrons. The summed E-state index contributed by atoms with van der Waals surface area (Å²) in [6.07, 6.45) is 3.20. The minimum atomic E-state index is -5.80. The van der Waals surface area contributed by atoms with Crippen LogP contribution in [0.3, 0.4) is 0 Å². The van der Waals surface area contributed by atoms with Crippen molar-refractivity contribution in [2.75, 3.05) is 18.4 Å². The highest BCUT2D eigenvalue weighted by molar-refractivity contribution is 7.52. The lowest BCUT2D eigenvalue weighted by molar-refractivity contribution is -0.143. The first-order valence-electron chi connectivity index (χ1n) is 14.7.